The number of aromatic nitrogens is 4. The van der Waals surface area contributed by atoms with E-state index in [1.54, 1.807) is 47.2 Å². The fourth-order valence-corrected chi connectivity index (χ4v) is 5.18. The van der Waals surface area contributed by atoms with Crippen LogP contribution in [0.3, 0.4) is 0 Å². The topological polar surface area (TPSA) is 109 Å². The number of rotatable bonds is 6. The Morgan fingerprint density at radius 2 is 1.87 bits per heavy atom. The molecule has 13 heteroatoms. The highest BCUT2D eigenvalue weighted by Crippen LogP contribution is 2.30. The number of nitrogens with one attached hydrogen (secondary N) is 1. The first kappa shape index (κ1) is 24.5. The van der Waals surface area contributed by atoms with Crippen LogP contribution in [0.5, 0.6) is 0 Å². The van der Waals surface area contributed by atoms with Crippen molar-refractivity contribution in [3.63, 3.8) is 0 Å². The third-order valence-electron chi connectivity index (χ3n) is 7.28. The van der Waals surface area contributed by atoms with Crippen LogP contribution in [0.25, 0.3) is 16.9 Å². The fourth-order valence-electron chi connectivity index (χ4n) is 5.18. The van der Waals surface area contributed by atoms with Gasteiger partial charge in [-0.15, -0.1) is 0 Å². The summed E-state index contributed by atoms with van der Waals surface area (Å²) in [5.41, 5.74) is 0.969. The predicted octanol–water partition coefficient (Wildman–Crippen LogP) is 1.69. The van der Waals surface area contributed by atoms with Crippen LogP contribution < -0.4 is 10.2 Å². The smallest absolute Gasteiger partial charge is 0.296 e. The second-order valence-corrected chi connectivity index (χ2v) is 9.79. The number of amides is 2. The number of ether oxygens (including phenoxy) is 1. The third kappa shape index (κ3) is 4.40. The van der Waals surface area contributed by atoms with Crippen LogP contribution >= 0.6 is 0 Å². The summed E-state index contributed by atoms with van der Waals surface area (Å²) in [6, 6.07) is 8.47. The largest absolute Gasteiger partial charge is 0.378 e. The molecule has 1 aromatic carbocycles. The molecule has 11 nitrogen and oxygen atoms in total. The van der Waals surface area contributed by atoms with E-state index in [1.807, 2.05) is 4.90 Å². The molecule has 6 rings (SSSR count). The average Bonchev–Trinajstić information content (AvgIpc) is 3.46. The Kier molecular flexibility index (Phi) is 6.30. The Bertz CT molecular complexity index is 1370. The summed E-state index contributed by atoms with van der Waals surface area (Å²) in [6.07, 6.45) is -2.27. The molecule has 1 unspecified atom stereocenters. The average molecular weight is 527 g/mol. The van der Waals surface area contributed by atoms with Crippen molar-refractivity contribution in [2.24, 2.45) is 5.92 Å². The Morgan fingerprint density at radius 3 is 2.58 bits per heavy atom. The first-order valence-electron chi connectivity index (χ1n) is 12.7. The van der Waals surface area contributed by atoms with Gasteiger partial charge in [0, 0.05) is 45.8 Å². The summed E-state index contributed by atoms with van der Waals surface area (Å²) in [5.74, 6) is -0.149. The number of morpholine rings is 1. The number of imidazole rings is 1. The summed E-state index contributed by atoms with van der Waals surface area (Å²) in [5, 5.41) is 3.33. The number of anilines is 2. The quantitative estimate of drug-likeness (QED) is 0.484. The lowest BCUT2D eigenvalue weighted by molar-refractivity contribution is -0.145. The maximum atomic E-state index is 14.0. The van der Waals surface area contributed by atoms with Gasteiger partial charge in [-0.1, -0.05) is 12.1 Å². The lowest BCUT2D eigenvalue weighted by atomic mass is 10.0. The van der Waals surface area contributed by atoms with Crippen LogP contribution in [-0.2, 0) is 14.3 Å². The molecule has 38 heavy (non-hydrogen) atoms. The van der Waals surface area contributed by atoms with Crippen molar-refractivity contribution in [2.75, 3.05) is 63.2 Å². The number of carbonyl (C=O) groups is 2. The van der Waals surface area contributed by atoms with Gasteiger partial charge in [0.25, 0.3) is 6.43 Å². The summed E-state index contributed by atoms with van der Waals surface area (Å²) in [4.78, 5) is 43.7. The zero-order valence-electron chi connectivity index (χ0n) is 20.9. The monoisotopic (exact) mass is 526 g/mol. The zero-order chi connectivity index (χ0) is 26.4. The molecule has 200 valence electrons. The van der Waals surface area contributed by atoms with E-state index < -0.39 is 18.2 Å². The first-order valence-corrected chi connectivity index (χ1v) is 12.7. The van der Waals surface area contributed by atoms with E-state index in [4.69, 9.17) is 4.74 Å². The third-order valence-corrected chi connectivity index (χ3v) is 7.28. The number of nitrogens with zero attached hydrogens (tertiary/aromatic N) is 7. The maximum Gasteiger partial charge on any atom is 0.296 e. The predicted molar refractivity (Wildman–Crippen MR) is 134 cm³/mol. The summed E-state index contributed by atoms with van der Waals surface area (Å²) >= 11 is 0. The molecule has 3 fully saturated rings. The first-order chi connectivity index (χ1) is 18.4. The number of alkyl halides is 2. The molecule has 3 aliphatic heterocycles. The molecule has 0 radical (unpaired) electrons. The number of likely N-dealkylation sites (tertiary alicyclic amines) is 2. The van der Waals surface area contributed by atoms with Gasteiger partial charge in [0.1, 0.15) is 17.6 Å². The van der Waals surface area contributed by atoms with Crippen molar-refractivity contribution in [3.05, 3.63) is 36.2 Å². The molecule has 1 atom stereocenters. The molecule has 5 heterocycles. The molecular formula is C25H28F2N8O3. The molecule has 2 aromatic heterocycles. The molecule has 3 aliphatic rings. The Balaban J connectivity index is 1.28. The molecular weight excluding hydrogens is 498 g/mol. The number of hydrogen-bond donors (Lipinski definition) is 1. The van der Waals surface area contributed by atoms with Crippen LogP contribution in [0.4, 0.5) is 20.5 Å². The molecule has 1 N–H and O–H groups in total. The molecule has 0 saturated carbocycles. The number of halogens is 2. The lowest BCUT2D eigenvalue weighted by Crippen LogP contribution is -2.59. The van der Waals surface area contributed by atoms with Gasteiger partial charge >= 0.3 is 0 Å². The van der Waals surface area contributed by atoms with E-state index in [-0.39, 0.29) is 23.7 Å². The molecule has 3 saturated heterocycles. The fraction of sp³-hybridized carbons (Fsp3) is 0.480. The van der Waals surface area contributed by atoms with Gasteiger partial charge in [-0.25, -0.2) is 13.8 Å². The second kappa shape index (κ2) is 9.78. The van der Waals surface area contributed by atoms with E-state index in [0.717, 1.165) is 0 Å². The standard InChI is InChI=1S/C25H28F2N8O3/c1-32-7-6-16(23(32)36)24(37)34-13-15(14-34)28-19-12-20(31-25(30-19)33-8-10-38-11-9-33)35-18-5-3-2-4-17(18)29-22(35)21(26)27/h2-5,12,15-16,21H,6-11,13-14H2,1H3,(H,28,30,31). The van der Waals surface area contributed by atoms with Gasteiger partial charge in [0.2, 0.25) is 17.8 Å². The van der Waals surface area contributed by atoms with Crippen LogP contribution in [0.1, 0.15) is 18.7 Å². The number of hydrogen-bond acceptors (Lipinski definition) is 8. The minimum Gasteiger partial charge on any atom is -0.378 e. The SMILES string of the molecule is CN1CCC(C(=O)N2CC(Nc3cc(-n4c(C(F)F)nc5ccccc54)nc(N4CCOCC4)n3)C2)C1=O. The van der Waals surface area contributed by atoms with Gasteiger partial charge in [-0.2, -0.15) is 9.97 Å². The van der Waals surface area contributed by atoms with Gasteiger partial charge in [0.15, 0.2) is 5.82 Å². The zero-order valence-corrected chi connectivity index (χ0v) is 20.9. The van der Waals surface area contributed by atoms with Crippen molar-refractivity contribution < 1.29 is 23.1 Å². The van der Waals surface area contributed by atoms with E-state index >= 15 is 0 Å². The number of benzene rings is 1. The molecule has 3 aromatic rings. The molecule has 0 aliphatic carbocycles. The number of para-hydroxylation sites is 2. The molecule has 0 bridgehead atoms. The maximum absolute atomic E-state index is 14.0. The summed E-state index contributed by atoms with van der Waals surface area (Å²) in [6.45, 7) is 3.62. The van der Waals surface area contributed by atoms with E-state index in [1.165, 1.54) is 4.57 Å². The normalized spacial score (nSPS) is 20.5. The van der Waals surface area contributed by atoms with Gasteiger partial charge in [0.05, 0.1) is 30.3 Å². The van der Waals surface area contributed by atoms with Crippen LogP contribution in [0.2, 0.25) is 0 Å². The summed E-state index contributed by atoms with van der Waals surface area (Å²) in [7, 11) is 1.71. The van der Waals surface area contributed by atoms with Crippen LogP contribution in [-0.4, -0.2) is 100 Å². The lowest BCUT2D eigenvalue weighted by Gasteiger charge is -2.41. The van der Waals surface area contributed by atoms with Crippen molar-refractivity contribution in [3.8, 4) is 5.82 Å². The minimum absolute atomic E-state index is 0.0948. The molecule has 2 amide bonds. The minimum atomic E-state index is -2.80. The van der Waals surface area contributed by atoms with Crippen molar-refractivity contribution in [1.29, 1.82) is 0 Å². The van der Waals surface area contributed by atoms with Gasteiger partial charge < -0.3 is 24.8 Å². The van der Waals surface area contributed by atoms with Crippen LogP contribution in [0.15, 0.2) is 30.3 Å². The molecule has 0 spiro atoms. The second-order valence-electron chi connectivity index (χ2n) is 9.79. The highest BCUT2D eigenvalue weighted by Gasteiger charge is 2.41. The van der Waals surface area contributed by atoms with Gasteiger partial charge in [-0.05, 0) is 18.6 Å². The Hall–Kier alpha value is -3.87. The number of carbonyl (C=O) groups excluding carboxylic acids is 2. The van der Waals surface area contributed by atoms with E-state index in [0.29, 0.717) is 75.2 Å². The van der Waals surface area contributed by atoms with Gasteiger partial charge in [-0.3, -0.25) is 14.2 Å². The van der Waals surface area contributed by atoms with E-state index in [2.05, 4.69) is 20.3 Å². The summed E-state index contributed by atoms with van der Waals surface area (Å²) < 4.78 is 34.9. The van der Waals surface area contributed by atoms with Crippen molar-refractivity contribution >= 4 is 34.6 Å². The van der Waals surface area contributed by atoms with Crippen molar-refractivity contribution in [1.82, 2.24) is 29.3 Å². The Labute approximate surface area is 217 Å². The van der Waals surface area contributed by atoms with E-state index in [9.17, 15) is 18.4 Å². The highest BCUT2D eigenvalue weighted by molar-refractivity contribution is 6.01. The van der Waals surface area contributed by atoms with Crippen LogP contribution in [0, 0.1) is 5.92 Å². The Morgan fingerprint density at radius 1 is 1.11 bits per heavy atom. The van der Waals surface area contributed by atoms with Crippen molar-refractivity contribution in [2.45, 2.75) is 18.9 Å². The number of fused-ring (bicyclic) bond motifs is 1. The highest BCUT2D eigenvalue weighted by atomic mass is 19.3.